The molecule has 0 aliphatic carbocycles. The first-order chi connectivity index (χ1) is 13.0. The highest BCUT2D eigenvalue weighted by atomic mass is 16.2. The fraction of sp³-hybridized carbons (Fsp3) is 0.211. The van der Waals surface area contributed by atoms with Crippen LogP contribution in [0.1, 0.15) is 25.5 Å². The fourth-order valence-electron chi connectivity index (χ4n) is 3.09. The van der Waals surface area contributed by atoms with Crippen LogP contribution in [-0.4, -0.2) is 30.1 Å². The molecule has 8 nitrogen and oxygen atoms in total. The SMILES string of the molecule is CC(C)c1nn(CC(=O)Nc2ccncn2)c(=O)c2cc3ccccn3c12. The molecule has 0 saturated heterocycles. The van der Waals surface area contributed by atoms with Gasteiger partial charge in [0.1, 0.15) is 18.7 Å². The number of hydrogen-bond donors (Lipinski definition) is 1. The smallest absolute Gasteiger partial charge is 0.276 e. The number of amides is 1. The number of carbonyl (C=O) groups is 1. The van der Waals surface area contributed by atoms with E-state index < -0.39 is 0 Å². The number of aromatic nitrogens is 5. The van der Waals surface area contributed by atoms with Gasteiger partial charge in [0.2, 0.25) is 5.91 Å². The molecule has 0 aliphatic heterocycles. The van der Waals surface area contributed by atoms with Gasteiger partial charge in [-0.3, -0.25) is 9.59 Å². The van der Waals surface area contributed by atoms with Crippen LogP contribution in [0.2, 0.25) is 0 Å². The third kappa shape index (κ3) is 3.05. The molecule has 0 radical (unpaired) electrons. The van der Waals surface area contributed by atoms with Crippen LogP contribution in [0.25, 0.3) is 16.4 Å². The van der Waals surface area contributed by atoms with Gasteiger partial charge in [-0.15, -0.1) is 0 Å². The first kappa shape index (κ1) is 16.9. The topological polar surface area (TPSA) is 94.2 Å². The maximum absolute atomic E-state index is 12.9. The summed E-state index contributed by atoms with van der Waals surface area (Å²) in [6.07, 6.45) is 4.79. The summed E-state index contributed by atoms with van der Waals surface area (Å²) in [4.78, 5) is 33.0. The molecule has 4 aromatic heterocycles. The van der Waals surface area contributed by atoms with Crippen molar-refractivity contribution in [3.8, 4) is 0 Å². The highest BCUT2D eigenvalue weighted by molar-refractivity contribution is 5.91. The summed E-state index contributed by atoms with van der Waals surface area (Å²) < 4.78 is 3.18. The van der Waals surface area contributed by atoms with Gasteiger partial charge in [0.25, 0.3) is 5.56 Å². The van der Waals surface area contributed by atoms with E-state index in [1.54, 1.807) is 6.07 Å². The van der Waals surface area contributed by atoms with Gasteiger partial charge in [0.05, 0.1) is 16.6 Å². The molecule has 0 aromatic carbocycles. The van der Waals surface area contributed by atoms with Gasteiger partial charge >= 0.3 is 0 Å². The molecule has 1 N–H and O–H groups in total. The first-order valence-electron chi connectivity index (χ1n) is 8.61. The zero-order valence-electron chi connectivity index (χ0n) is 15.0. The molecule has 0 bridgehead atoms. The van der Waals surface area contributed by atoms with E-state index >= 15 is 0 Å². The zero-order valence-corrected chi connectivity index (χ0v) is 15.0. The summed E-state index contributed by atoms with van der Waals surface area (Å²) in [6, 6.07) is 9.19. The van der Waals surface area contributed by atoms with Gasteiger partial charge in [0.15, 0.2) is 0 Å². The number of hydrogen-bond acceptors (Lipinski definition) is 5. The van der Waals surface area contributed by atoms with Crippen LogP contribution in [0.3, 0.4) is 0 Å². The lowest BCUT2D eigenvalue weighted by atomic mass is 10.1. The Balaban J connectivity index is 1.79. The number of carbonyl (C=O) groups excluding carboxylic acids is 1. The van der Waals surface area contributed by atoms with E-state index in [0.29, 0.717) is 11.2 Å². The highest BCUT2D eigenvalue weighted by Crippen LogP contribution is 2.24. The molecular formula is C19H18N6O2. The number of fused-ring (bicyclic) bond motifs is 3. The van der Waals surface area contributed by atoms with E-state index in [9.17, 15) is 9.59 Å². The molecule has 136 valence electrons. The maximum atomic E-state index is 12.9. The van der Waals surface area contributed by atoms with Crippen LogP contribution < -0.4 is 10.9 Å². The predicted molar refractivity (Wildman–Crippen MR) is 102 cm³/mol. The molecule has 0 aliphatic rings. The predicted octanol–water partition coefficient (Wildman–Crippen LogP) is 2.20. The van der Waals surface area contributed by atoms with Gasteiger partial charge in [-0.25, -0.2) is 14.6 Å². The van der Waals surface area contributed by atoms with Crippen molar-refractivity contribution >= 4 is 28.1 Å². The zero-order chi connectivity index (χ0) is 19.0. The summed E-state index contributed by atoms with van der Waals surface area (Å²) in [5.74, 6) is 0.0894. The Morgan fingerprint density at radius 1 is 1.26 bits per heavy atom. The maximum Gasteiger partial charge on any atom is 0.276 e. The average Bonchev–Trinajstić information content (AvgIpc) is 3.04. The van der Waals surface area contributed by atoms with Crippen LogP contribution in [0.4, 0.5) is 5.82 Å². The molecule has 0 unspecified atom stereocenters. The molecule has 0 spiro atoms. The molecule has 4 aromatic rings. The third-order valence-electron chi connectivity index (χ3n) is 4.31. The first-order valence-corrected chi connectivity index (χ1v) is 8.61. The summed E-state index contributed by atoms with van der Waals surface area (Å²) in [7, 11) is 0. The molecule has 0 saturated carbocycles. The van der Waals surface area contributed by atoms with Gasteiger partial charge in [-0.1, -0.05) is 19.9 Å². The van der Waals surface area contributed by atoms with Crippen LogP contribution in [-0.2, 0) is 11.3 Å². The van der Waals surface area contributed by atoms with Gasteiger partial charge in [-0.05, 0) is 30.2 Å². The normalized spacial score (nSPS) is 11.4. The Kier molecular flexibility index (Phi) is 4.15. The molecular weight excluding hydrogens is 344 g/mol. The quantitative estimate of drug-likeness (QED) is 0.601. The van der Waals surface area contributed by atoms with Gasteiger partial charge in [0, 0.05) is 17.9 Å². The van der Waals surface area contributed by atoms with E-state index in [-0.39, 0.29) is 23.9 Å². The van der Waals surface area contributed by atoms with Gasteiger partial charge < -0.3 is 9.72 Å². The molecule has 8 heteroatoms. The summed E-state index contributed by atoms with van der Waals surface area (Å²) in [5, 5.41) is 7.69. The van der Waals surface area contributed by atoms with Crippen LogP contribution in [0, 0.1) is 0 Å². The van der Waals surface area contributed by atoms with E-state index in [2.05, 4.69) is 20.4 Å². The second-order valence-corrected chi connectivity index (χ2v) is 6.55. The van der Waals surface area contributed by atoms with Crippen LogP contribution in [0.5, 0.6) is 0 Å². The van der Waals surface area contributed by atoms with Crippen molar-refractivity contribution in [2.75, 3.05) is 5.32 Å². The largest absolute Gasteiger partial charge is 0.315 e. The molecule has 0 atom stereocenters. The minimum Gasteiger partial charge on any atom is -0.315 e. The molecule has 4 heterocycles. The van der Waals surface area contributed by atoms with Crippen molar-refractivity contribution in [3.05, 3.63) is 65.1 Å². The Bertz CT molecular complexity index is 1190. The van der Waals surface area contributed by atoms with E-state index in [1.165, 1.54) is 17.2 Å². The minimum atomic E-state index is -0.374. The van der Waals surface area contributed by atoms with E-state index in [0.717, 1.165) is 16.7 Å². The Labute approximate surface area is 154 Å². The molecule has 27 heavy (non-hydrogen) atoms. The number of anilines is 1. The monoisotopic (exact) mass is 362 g/mol. The van der Waals surface area contributed by atoms with Crippen molar-refractivity contribution in [1.29, 1.82) is 0 Å². The van der Waals surface area contributed by atoms with Crippen molar-refractivity contribution < 1.29 is 4.79 Å². The lowest BCUT2D eigenvalue weighted by Crippen LogP contribution is -2.31. The fourth-order valence-corrected chi connectivity index (χ4v) is 3.09. The van der Waals surface area contributed by atoms with E-state index in [4.69, 9.17) is 0 Å². The van der Waals surface area contributed by atoms with Crippen LogP contribution >= 0.6 is 0 Å². The number of rotatable bonds is 4. The number of nitrogens with zero attached hydrogens (tertiary/aromatic N) is 5. The van der Waals surface area contributed by atoms with Crippen molar-refractivity contribution in [3.63, 3.8) is 0 Å². The van der Waals surface area contributed by atoms with Gasteiger partial charge in [-0.2, -0.15) is 5.10 Å². The Morgan fingerprint density at radius 2 is 2.11 bits per heavy atom. The van der Waals surface area contributed by atoms with E-state index in [1.807, 2.05) is 48.7 Å². The minimum absolute atomic E-state index is 0.0857. The number of pyridine rings is 1. The van der Waals surface area contributed by atoms with Crippen molar-refractivity contribution in [2.45, 2.75) is 26.3 Å². The average molecular weight is 362 g/mol. The Hall–Kier alpha value is -3.55. The van der Waals surface area contributed by atoms with Crippen LogP contribution in [0.15, 0.2) is 53.8 Å². The highest BCUT2D eigenvalue weighted by Gasteiger charge is 2.18. The second-order valence-electron chi connectivity index (χ2n) is 6.55. The summed E-state index contributed by atoms with van der Waals surface area (Å²) in [6.45, 7) is 3.84. The second kappa shape index (κ2) is 6.64. The lowest BCUT2D eigenvalue weighted by molar-refractivity contribution is -0.117. The third-order valence-corrected chi connectivity index (χ3v) is 4.31. The number of nitrogens with one attached hydrogen (secondary N) is 1. The molecule has 1 amide bonds. The van der Waals surface area contributed by atoms with Crippen molar-refractivity contribution in [1.82, 2.24) is 24.1 Å². The van der Waals surface area contributed by atoms with Crippen molar-refractivity contribution in [2.24, 2.45) is 0 Å². The summed E-state index contributed by atoms with van der Waals surface area (Å²) in [5.41, 5.74) is 2.18. The lowest BCUT2D eigenvalue weighted by Gasteiger charge is -2.12. The molecule has 4 rings (SSSR count). The summed E-state index contributed by atoms with van der Waals surface area (Å²) >= 11 is 0. The molecule has 0 fully saturated rings. The standard InChI is InChI=1S/C19H18N6O2/c1-12(2)17-18-14(9-13-5-3-4-8-24(13)18)19(27)25(23-17)10-16(26)22-15-6-7-20-11-21-15/h3-9,11-12H,10H2,1-2H3,(H,20,21,22,26). The Morgan fingerprint density at radius 3 is 2.85 bits per heavy atom.